The fourth-order valence-corrected chi connectivity index (χ4v) is 8.48. The van der Waals surface area contributed by atoms with Gasteiger partial charge in [0.2, 0.25) is 0 Å². The second kappa shape index (κ2) is 20.9. The normalized spacial score (nSPS) is 18.1. The van der Waals surface area contributed by atoms with Crippen molar-refractivity contribution in [2.24, 2.45) is 17.6 Å². The molecule has 0 radical (unpaired) electrons. The van der Waals surface area contributed by atoms with Crippen molar-refractivity contribution in [3.05, 3.63) is 123 Å². The van der Waals surface area contributed by atoms with Crippen molar-refractivity contribution in [1.29, 1.82) is 0 Å². The van der Waals surface area contributed by atoms with Gasteiger partial charge in [-0.05, 0) is 94.3 Å². The Labute approximate surface area is 369 Å². The molecule has 332 valence electrons. The van der Waals surface area contributed by atoms with E-state index < -0.39 is 11.6 Å². The third-order valence-corrected chi connectivity index (χ3v) is 12.5. The van der Waals surface area contributed by atoms with Gasteiger partial charge in [0.05, 0.1) is 48.7 Å². The van der Waals surface area contributed by atoms with Crippen LogP contribution in [0.15, 0.2) is 72.8 Å². The highest BCUT2D eigenvalue weighted by Gasteiger charge is 2.36. The number of nitrogens with two attached hydrogens (primary N) is 1. The zero-order valence-electron chi connectivity index (χ0n) is 36.0. The number of ether oxygens (including phenoxy) is 2. The summed E-state index contributed by atoms with van der Waals surface area (Å²) < 4.78 is 25.1. The Morgan fingerprint density at radius 1 is 0.524 bits per heavy atom. The zero-order valence-corrected chi connectivity index (χ0v) is 36.0. The van der Waals surface area contributed by atoms with Crippen LogP contribution in [0.3, 0.4) is 0 Å². The van der Waals surface area contributed by atoms with E-state index >= 15 is 0 Å². The third-order valence-electron chi connectivity index (χ3n) is 12.5. The number of rotatable bonds is 14. The first-order chi connectivity index (χ1) is 30.8. The molecule has 5 N–H and O–H groups in total. The van der Waals surface area contributed by atoms with Gasteiger partial charge in [0, 0.05) is 85.1 Å². The van der Waals surface area contributed by atoms with Crippen LogP contribution in [0.4, 0.5) is 21.5 Å². The van der Waals surface area contributed by atoms with Crippen LogP contribution in [-0.4, -0.2) is 125 Å². The van der Waals surface area contributed by atoms with Crippen LogP contribution >= 0.6 is 0 Å². The number of anilines is 3. The largest absolute Gasteiger partial charge is 0.384 e. The van der Waals surface area contributed by atoms with Crippen LogP contribution in [-0.2, 0) is 9.47 Å². The standard InChI is InChI=1S/C25H29N3O3.C21H21FN2O3.C4H9N/c29-24-18-4-1-2-5-19(18)25(30)23-21(27-16-17-6-7-17)9-8-20(22(23)24)26-10-3-11-28-12-14-31-15-13-28;22-16-6-7-17(23-8-3-9-24-10-12-27-13-11-24)19-18(16)20(25)14-4-1-2-5-15(14)21(19)26;5-3-4-1-2-4/h1-2,4-5,8-9,17,26-27H,3,6-7,10-16H2;1-2,4-7,23H,3,8-13H2;4H,1-3,5H2. The summed E-state index contributed by atoms with van der Waals surface area (Å²) in [5.74, 6) is 0.0449. The Bertz CT molecular complexity index is 2300. The maximum atomic E-state index is 14.4. The molecule has 0 atom stereocenters. The van der Waals surface area contributed by atoms with Gasteiger partial charge in [-0.1, -0.05) is 48.5 Å². The van der Waals surface area contributed by atoms with Gasteiger partial charge in [-0.25, -0.2) is 4.39 Å². The number of ketones is 4. The SMILES string of the molecule is NCC1CC1.O=C1c2ccccc2C(=O)c2c(NCC3CC3)ccc(NCCCN3CCOCC3)c21.O=C1c2ccccc2C(=O)c2c(NCCCN3CCOCC3)ccc(F)c21. The van der Waals surface area contributed by atoms with Gasteiger partial charge < -0.3 is 31.2 Å². The van der Waals surface area contributed by atoms with Crippen LogP contribution in [0.1, 0.15) is 102 Å². The third kappa shape index (κ3) is 10.7. The first-order valence-electron chi connectivity index (χ1n) is 22.7. The van der Waals surface area contributed by atoms with Gasteiger partial charge in [0.15, 0.2) is 23.1 Å². The first kappa shape index (κ1) is 44.3. The molecule has 2 saturated carbocycles. The maximum Gasteiger partial charge on any atom is 0.197 e. The highest BCUT2D eigenvalue weighted by Crippen LogP contribution is 2.38. The molecule has 13 heteroatoms. The van der Waals surface area contributed by atoms with E-state index in [1.807, 2.05) is 24.3 Å². The van der Waals surface area contributed by atoms with E-state index in [4.69, 9.17) is 15.2 Å². The van der Waals surface area contributed by atoms with Gasteiger partial charge in [-0.3, -0.25) is 29.0 Å². The molecule has 6 aliphatic rings. The van der Waals surface area contributed by atoms with Gasteiger partial charge in [-0.2, -0.15) is 0 Å². The van der Waals surface area contributed by atoms with Gasteiger partial charge in [0.25, 0.3) is 0 Å². The van der Waals surface area contributed by atoms with Crippen molar-refractivity contribution >= 4 is 40.2 Å². The lowest BCUT2D eigenvalue weighted by Gasteiger charge is -2.27. The second-order valence-corrected chi connectivity index (χ2v) is 17.1. The average molecular weight is 859 g/mol. The smallest absolute Gasteiger partial charge is 0.197 e. The summed E-state index contributed by atoms with van der Waals surface area (Å²) in [4.78, 5) is 57.2. The van der Waals surface area contributed by atoms with Gasteiger partial charge >= 0.3 is 0 Å². The number of morpholine rings is 2. The molecule has 0 aromatic heterocycles. The molecule has 12 nitrogen and oxygen atoms in total. The fraction of sp³-hybridized carbons (Fsp3) is 0.440. The van der Waals surface area contributed by atoms with Crippen molar-refractivity contribution in [1.82, 2.24) is 9.80 Å². The number of carbonyl (C=O) groups excluding carboxylic acids is 4. The number of benzene rings is 4. The number of halogens is 1. The topological polar surface area (TPSA) is 155 Å². The number of carbonyl (C=O) groups is 4. The molecule has 0 spiro atoms. The first-order valence-corrected chi connectivity index (χ1v) is 22.7. The molecular weight excluding hydrogens is 800 g/mol. The molecule has 2 saturated heterocycles. The minimum atomic E-state index is -0.656. The number of nitrogens with zero attached hydrogens (tertiary/aromatic N) is 2. The van der Waals surface area contributed by atoms with Crippen molar-refractivity contribution in [3.63, 3.8) is 0 Å². The Kier molecular flexibility index (Phi) is 14.7. The number of hydrogen-bond acceptors (Lipinski definition) is 12. The highest BCUT2D eigenvalue weighted by molar-refractivity contribution is 6.32. The van der Waals surface area contributed by atoms with E-state index in [2.05, 4.69) is 25.8 Å². The summed E-state index contributed by atoms with van der Waals surface area (Å²) in [5, 5.41) is 10.1. The average Bonchev–Trinajstić information content (AvgIpc) is 4.28. The molecule has 0 bridgehead atoms. The van der Waals surface area contributed by atoms with Crippen LogP contribution in [0.5, 0.6) is 0 Å². The van der Waals surface area contributed by atoms with E-state index in [9.17, 15) is 23.6 Å². The number of nitrogens with one attached hydrogen (secondary N) is 3. The molecule has 2 aliphatic heterocycles. The van der Waals surface area contributed by atoms with Crippen molar-refractivity contribution in [2.75, 3.05) is 108 Å². The maximum absolute atomic E-state index is 14.4. The fourth-order valence-electron chi connectivity index (χ4n) is 8.48. The molecule has 4 aromatic rings. The summed E-state index contributed by atoms with van der Waals surface area (Å²) >= 11 is 0. The molecule has 4 aliphatic carbocycles. The molecule has 0 unspecified atom stereocenters. The van der Waals surface area contributed by atoms with E-state index in [0.29, 0.717) is 46.0 Å². The van der Waals surface area contributed by atoms with Crippen LogP contribution < -0.4 is 21.7 Å². The Morgan fingerprint density at radius 2 is 0.905 bits per heavy atom. The van der Waals surface area contributed by atoms with Crippen molar-refractivity contribution in [3.8, 4) is 0 Å². The molecule has 4 fully saturated rings. The predicted molar refractivity (Wildman–Crippen MR) is 243 cm³/mol. The minimum absolute atomic E-state index is 0.0690. The molecule has 2 heterocycles. The van der Waals surface area contributed by atoms with E-state index in [0.717, 1.165) is 115 Å². The summed E-state index contributed by atoms with van der Waals surface area (Å²) in [6.45, 7) is 12.0. The molecule has 10 rings (SSSR count). The number of hydrogen-bond donors (Lipinski definition) is 4. The summed E-state index contributed by atoms with van der Waals surface area (Å²) in [5.41, 5.74) is 9.90. The molecule has 0 amide bonds. The zero-order chi connectivity index (χ0) is 43.7. The molecule has 63 heavy (non-hydrogen) atoms. The summed E-state index contributed by atoms with van der Waals surface area (Å²) in [7, 11) is 0. The van der Waals surface area contributed by atoms with Crippen LogP contribution in [0, 0.1) is 17.7 Å². The minimum Gasteiger partial charge on any atom is -0.384 e. The lowest BCUT2D eigenvalue weighted by atomic mass is 9.82. The quantitative estimate of drug-likeness (QED) is 0.0884. The lowest BCUT2D eigenvalue weighted by molar-refractivity contribution is 0.0378. The number of fused-ring (bicyclic) bond motifs is 4. The van der Waals surface area contributed by atoms with E-state index in [-0.39, 0.29) is 34.0 Å². The van der Waals surface area contributed by atoms with Gasteiger partial charge in [-0.15, -0.1) is 0 Å². The lowest BCUT2D eigenvalue weighted by Crippen LogP contribution is -2.37. The van der Waals surface area contributed by atoms with Crippen molar-refractivity contribution in [2.45, 2.75) is 38.5 Å². The van der Waals surface area contributed by atoms with E-state index in [1.54, 1.807) is 42.5 Å². The van der Waals surface area contributed by atoms with Crippen LogP contribution in [0.25, 0.3) is 0 Å². The predicted octanol–water partition coefficient (Wildman–Crippen LogP) is 6.51. The monoisotopic (exact) mass is 858 g/mol. The Balaban J connectivity index is 0.000000157. The summed E-state index contributed by atoms with van der Waals surface area (Å²) in [6, 6.07) is 20.4. The second-order valence-electron chi connectivity index (χ2n) is 17.1. The highest BCUT2D eigenvalue weighted by atomic mass is 19.1. The Hall–Kier alpha value is -5.31. The molecule has 4 aromatic carbocycles. The van der Waals surface area contributed by atoms with Gasteiger partial charge in [0.1, 0.15) is 5.82 Å². The van der Waals surface area contributed by atoms with E-state index in [1.165, 1.54) is 31.7 Å². The van der Waals surface area contributed by atoms with Crippen LogP contribution in [0.2, 0.25) is 0 Å². The summed E-state index contributed by atoms with van der Waals surface area (Å²) in [6.07, 6.45) is 7.08. The molecular formula is C50H59FN6O6. The van der Waals surface area contributed by atoms with Crippen molar-refractivity contribution < 1.29 is 33.0 Å². The Morgan fingerprint density at radius 3 is 1.30 bits per heavy atom.